The van der Waals surface area contributed by atoms with Crippen molar-refractivity contribution in [1.29, 1.82) is 0 Å². The molecule has 0 radical (unpaired) electrons. The van der Waals surface area contributed by atoms with E-state index in [1.54, 1.807) is 0 Å². The van der Waals surface area contributed by atoms with Crippen LogP contribution in [0, 0.1) is 10.1 Å². The number of esters is 1. The number of hydrogen-bond acceptors (Lipinski definition) is 8. The van der Waals surface area contributed by atoms with Gasteiger partial charge in [0, 0.05) is 12.1 Å². The molecule has 2 aromatic rings. The number of halogens is 3. The van der Waals surface area contributed by atoms with Crippen LogP contribution in [0.15, 0.2) is 36.4 Å². The van der Waals surface area contributed by atoms with Crippen molar-refractivity contribution in [3.05, 3.63) is 57.6 Å². The first-order valence-electron chi connectivity index (χ1n) is 9.02. The minimum absolute atomic E-state index is 0.139. The van der Waals surface area contributed by atoms with Crippen LogP contribution in [0.25, 0.3) is 0 Å². The number of alkyl halides is 3. The molecule has 9 nitrogen and oxygen atoms in total. The summed E-state index contributed by atoms with van der Waals surface area (Å²) in [5.74, 6) is -0.867. The van der Waals surface area contributed by atoms with E-state index in [2.05, 4.69) is 5.32 Å². The maximum absolute atomic E-state index is 12.8. The standard InChI is InChI=1S/C20H19F3N2O7/c1-11(24-15-7-4-12(20(21,22)23)8-16(15)25(28)29)19(27)32-10-17(26)14-6-5-13(30-2)9-18(14)31-3/h4-9,11,24H,10H2,1-3H3/t11-/m0/s1. The number of rotatable bonds is 9. The number of Topliss-reactive ketones (excluding diaryl/α,β-unsaturated/α-hetero) is 1. The summed E-state index contributed by atoms with van der Waals surface area (Å²) < 4.78 is 53.5. The average molecular weight is 456 g/mol. The molecule has 0 saturated heterocycles. The van der Waals surface area contributed by atoms with Gasteiger partial charge in [-0.15, -0.1) is 0 Å². The van der Waals surface area contributed by atoms with E-state index in [9.17, 15) is 32.9 Å². The Hall–Kier alpha value is -3.83. The van der Waals surface area contributed by atoms with Crippen LogP contribution in [-0.2, 0) is 15.7 Å². The molecule has 0 aromatic heterocycles. The first kappa shape index (κ1) is 24.4. The van der Waals surface area contributed by atoms with Gasteiger partial charge in [0.2, 0.25) is 5.78 Å². The number of ether oxygens (including phenoxy) is 3. The van der Waals surface area contributed by atoms with Gasteiger partial charge in [0.15, 0.2) is 6.61 Å². The second kappa shape index (κ2) is 9.98. The summed E-state index contributed by atoms with van der Waals surface area (Å²) in [5, 5.41) is 13.6. The molecular weight excluding hydrogens is 437 g/mol. The fourth-order valence-corrected chi connectivity index (χ4v) is 2.64. The summed E-state index contributed by atoms with van der Waals surface area (Å²) in [6.45, 7) is 0.630. The quantitative estimate of drug-likeness (QED) is 0.262. The summed E-state index contributed by atoms with van der Waals surface area (Å²) in [5.41, 5.74) is -2.24. The van der Waals surface area contributed by atoms with Crippen molar-refractivity contribution < 1.29 is 41.9 Å². The van der Waals surface area contributed by atoms with Crippen LogP contribution in [0.5, 0.6) is 11.5 Å². The van der Waals surface area contributed by atoms with E-state index in [1.807, 2.05) is 0 Å². The zero-order chi connectivity index (χ0) is 24.1. The van der Waals surface area contributed by atoms with E-state index in [0.717, 1.165) is 6.07 Å². The number of hydrogen-bond donors (Lipinski definition) is 1. The SMILES string of the molecule is COc1ccc(C(=O)COC(=O)[C@H](C)Nc2ccc(C(F)(F)F)cc2[N+](=O)[O-])c(OC)c1. The summed E-state index contributed by atoms with van der Waals surface area (Å²) >= 11 is 0. The van der Waals surface area contributed by atoms with Gasteiger partial charge in [-0.3, -0.25) is 14.9 Å². The fraction of sp³-hybridized carbons (Fsp3) is 0.300. The molecule has 12 heteroatoms. The van der Waals surface area contributed by atoms with E-state index >= 15 is 0 Å². The molecule has 0 spiro atoms. The van der Waals surface area contributed by atoms with Gasteiger partial charge < -0.3 is 19.5 Å². The maximum Gasteiger partial charge on any atom is 0.416 e. The number of methoxy groups -OCH3 is 2. The lowest BCUT2D eigenvalue weighted by Gasteiger charge is -2.16. The van der Waals surface area contributed by atoms with Crippen molar-refractivity contribution in [2.75, 3.05) is 26.1 Å². The number of nitrogens with one attached hydrogen (secondary N) is 1. The number of carbonyl (C=O) groups excluding carboxylic acids is 2. The van der Waals surface area contributed by atoms with Crippen LogP contribution >= 0.6 is 0 Å². The minimum Gasteiger partial charge on any atom is -0.497 e. The third kappa shape index (κ3) is 5.86. The topological polar surface area (TPSA) is 117 Å². The Morgan fingerprint density at radius 2 is 1.81 bits per heavy atom. The van der Waals surface area contributed by atoms with Gasteiger partial charge in [-0.25, -0.2) is 4.79 Å². The highest BCUT2D eigenvalue weighted by Gasteiger charge is 2.33. The lowest BCUT2D eigenvalue weighted by molar-refractivity contribution is -0.384. The molecule has 0 heterocycles. The van der Waals surface area contributed by atoms with Gasteiger partial charge in [-0.05, 0) is 31.2 Å². The van der Waals surface area contributed by atoms with E-state index < -0.39 is 46.8 Å². The van der Waals surface area contributed by atoms with E-state index in [1.165, 1.54) is 39.3 Å². The maximum atomic E-state index is 12.8. The van der Waals surface area contributed by atoms with Crippen LogP contribution in [0.1, 0.15) is 22.8 Å². The molecule has 2 rings (SSSR count). The van der Waals surface area contributed by atoms with Gasteiger partial charge in [-0.1, -0.05) is 0 Å². The zero-order valence-electron chi connectivity index (χ0n) is 17.2. The number of benzene rings is 2. The normalized spacial score (nSPS) is 11.9. The third-order valence-corrected chi connectivity index (χ3v) is 4.30. The molecule has 0 aliphatic carbocycles. The number of ketones is 1. The summed E-state index contributed by atoms with van der Waals surface area (Å²) in [6.07, 6.45) is -4.77. The Kier molecular flexibility index (Phi) is 7.63. The Bertz CT molecular complexity index is 1020. The van der Waals surface area contributed by atoms with Crippen molar-refractivity contribution in [3.63, 3.8) is 0 Å². The molecule has 0 fully saturated rings. The highest BCUT2D eigenvalue weighted by molar-refractivity contribution is 6.00. The first-order chi connectivity index (χ1) is 15.0. The Morgan fingerprint density at radius 1 is 1.12 bits per heavy atom. The predicted molar refractivity (Wildman–Crippen MR) is 106 cm³/mol. The number of carbonyl (C=O) groups is 2. The minimum atomic E-state index is -4.77. The van der Waals surface area contributed by atoms with Gasteiger partial charge in [0.1, 0.15) is 23.2 Å². The summed E-state index contributed by atoms with van der Waals surface area (Å²) in [7, 11) is 2.79. The molecule has 1 N–H and O–H groups in total. The Balaban J connectivity index is 2.08. The highest BCUT2D eigenvalue weighted by Crippen LogP contribution is 2.35. The van der Waals surface area contributed by atoms with Gasteiger partial charge in [0.05, 0.1) is 30.3 Å². The smallest absolute Gasteiger partial charge is 0.416 e. The number of nitro benzene ring substituents is 1. The van der Waals surface area contributed by atoms with Crippen LogP contribution in [-0.4, -0.2) is 43.5 Å². The summed E-state index contributed by atoms with van der Waals surface area (Å²) in [4.78, 5) is 34.7. The lowest BCUT2D eigenvalue weighted by Crippen LogP contribution is -2.30. The van der Waals surface area contributed by atoms with Gasteiger partial charge in [0.25, 0.3) is 5.69 Å². The molecule has 0 aliphatic rings. The average Bonchev–Trinajstić information content (AvgIpc) is 2.75. The second-order valence-electron chi connectivity index (χ2n) is 6.45. The predicted octanol–water partition coefficient (Wildman–Crippen LogP) is 3.86. The summed E-state index contributed by atoms with van der Waals surface area (Å²) in [6, 6.07) is 5.08. The van der Waals surface area contributed by atoms with Crippen molar-refractivity contribution in [2.45, 2.75) is 19.1 Å². The van der Waals surface area contributed by atoms with Gasteiger partial charge in [-0.2, -0.15) is 13.2 Å². The zero-order valence-corrected chi connectivity index (χ0v) is 17.2. The molecule has 0 saturated carbocycles. The number of nitrogens with zero attached hydrogens (tertiary/aromatic N) is 1. The van der Waals surface area contributed by atoms with Gasteiger partial charge >= 0.3 is 12.1 Å². The first-order valence-corrected chi connectivity index (χ1v) is 9.02. The van der Waals surface area contributed by atoms with E-state index in [0.29, 0.717) is 17.9 Å². The largest absolute Gasteiger partial charge is 0.497 e. The van der Waals surface area contributed by atoms with Crippen molar-refractivity contribution in [2.24, 2.45) is 0 Å². The Morgan fingerprint density at radius 3 is 2.38 bits per heavy atom. The molecule has 172 valence electrons. The van der Waals surface area contributed by atoms with Crippen molar-refractivity contribution in [1.82, 2.24) is 0 Å². The van der Waals surface area contributed by atoms with Crippen LogP contribution in [0.4, 0.5) is 24.5 Å². The number of nitro groups is 1. The van der Waals surface area contributed by atoms with Crippen molar-refractivity contribution >= 4 is 23.1 Å². The van der Waals surface area contributed by atoms with Crippen LogP contribution in [0.2, 0.25) is 0 Å². The molecular formula is C20H19F3N2O7. The molecule has 2 aromatic carbocycles. The fourth-order valence-electron chi connectivity index (χ4n) is 2.64. The highest BCUT2D eigenvalue weighted by atomic mass is 19.4. The lowest BCUT2D eigenvalue weighted by atomic mass is 10.1. The molecule has 1 atom stereocenters. The monoisotopic (exact) mass is 456 g/mol. The molecule has 0 amide bonds. The van der Waals surface area contributed by atoms with E-state index in [-0.39, 0.29) is 17.0 Å². The third-order valence-electron chi connectivity index (χ3n) is 4.30. The molecule has 0 bridgehead atoms. The van der Waals surface area contributed by atoms with E-state index in [4.69, 9.17) is 14.2 Å². The molecule has 32 heavy (non-hydrogen) atoms. The molecule has 0 unspecified atom stereocenters. The van der Waals surface area contributed by atoms with Crippen molar-refractivity contribution in [3.8, 4) is 11.5 Å². The number of anilines is 1. The Labute approximate surface area is 180 Å². The van der Waals surface area contributed by atoms with Crippen LogP contribution in [0.3, 0.4) is 0 Å². The second-order valence-corrected chi connectivity index (χ2v) is 6.45. The molecule has 0 aliphatic heterocycles. The van der Waals surface area contributed by atoms with Crippen LogP contribution < -0.4 is 14.8 Å².